The van der Waals surface area contributed by atoms with E-state index in [2.05, 4.69) is 4.57 Å². The van der Waals surface area contributed by atoms with Gasteiger partial charge in [-0.2, -0.15) is 0 Å². The number of nitrogens with zero attached hydrogens (tertiary/aromatic N) is 2. The highest BCUT2D eigenvalue weighted by Crippen LogP contribution is 2.25. The molecule has 5 nitrogen and oxygen atoms in total. The minimum Gasteiger partial charge on any atom is -0.378 e. The maximum Gasteiger partial charge on any atom is 0.255 e. The second-order valence-corrected chi connectivity index (χ2v) is 7.54. The number of piperidine rings is 1. The highest BCUT2D eigenvalue weighted by molar-refractivity contribution is 6.30. The molecule has 2 aromatic rings. The van der Waals surface area contributed by atoms with Gasteiger partial charge in [-0.15, -0.1) is 0 Å². The number of carbonyl (C=O) groups is 1. The van der Waals surface area contributed by atoms with Crippen LogP contribution in [0.3, 0.4) is 0 Å². The summed E-state index contributed by atoms with van der Waals surface area (Å²) in [5.74, 6) is 0.0942. The quantitative estimate of drug-likeness (QED) is 0.766. The highest BCUT2D eigenvalue weighted by atomic mass is 35.5. The van der Waals surface area contributed by atoms with Gasteiger partial charge in [-0.1, -0.05) is 17.7 Å². The summed E-state index contributed by atoms with van der Waals surface area (Å²) in [6.07, 6.45) is 2.88. The van der Waals surface area contributed by atoms with Crippen molar-refractivity contribution in [3.05, 3.63) is 52.3 Å². The number of aryl methyl sites for hydroxylation is 1. The molecule has 2 heterocycles. The summed E-state index contributed by atoms with van der Waals surface area (Å²) in [6, 6.07) is 9.67. The third-order valence-corrected chi connectivity index (χ3v) is 5.39. The molecular formula is C21H28ClN3O2. The molecule has 0 radical (unpaired) electrons. The zero-order valence-corrected chi connectivity index (χ0v) is 16.8. The van der Waals surface area contributed by atoms with Gasteiger partial charge in [0.15, 0.2) is 0 Å². The Balaban J connectivity index is 1.70. The number of hydrogen-bond acceptors (Lipinski definition) is 3. The van der Waals surface area contributed by atoms with Crippen LogP contribution in [-0.4, -0.2) is 47.7 Å². The smallest absolute Gasteiger partial charge is 0.255 e. The Morgan fingerprint density at radius 2 is 2.00 bits per heavy atom. The summed E-state index contributed by atoms with van der Waals surface area (Å²) in [7, 11) is 0. The van der Waals surface area contributed by atoms with Gasteiger partial charge in [-0.25, -0.2) is 0 Å². The first-order valence-electron chi connectivity index (χ1n) is 9.57. The highest BCUT2D eigenvalue weighted by Gasteiger charge is 2.26. The van der Waals surface area contributed by atoms with Gasteiger partial charge in [0.05, 0.1) is 11.7 Å². The number of carbonyl (C=O) groups excluding carboxylic acids is 1. The van der Waals surface area contributed by atoms with E-state index in [9.17, 15) is 4.79 Å². The number of amides is 1. The first kappa shape index (κ1) is 19.9. The van der Waals surface area contributed by atoms with Crippen LogP contribution in [-0.2, 0) is 4.74 Å². The lowest BCUT2D eigenvalue weighted by Gasteiger charge is -2.32. The number of halogens is 1. The van der Waals surface area contributed by atoms with E-state index in [1.165, 1.54) is 0 Å². The lowest BCUT2D eigenvalue weighted by Crippen LogP contribution is -2.41. The predicted molar refractivity (Wildman–Crippen MR) is 109 cm³/mol. The average Bonchev–Trinajstić information content (AvgIpc) is 2.96. The molecule has 146 valence electrons. The monoisotopic (exact) mass is 389 g/mol. The molecule has 0 aliphatic carbocycles. The van der Waals surface area contributed by atoms with Crippen LogP contribution >= 0.6 is 11.6 Å². The molecule has 1 aromatic heterocycles. The second kappa shape index (κ2) is 8.91. The zero-order chi connectivity index (χ0) is 19.4. The summed E-state index contributed by atoms with van der Waals surface area (Å²) in [5, 5.41) is 0.685. The van der Waals surface area contributed by atoms with E-state index in [1.54, 1.807) is 0 Å². The molecule has 3 rings (SSSR count). The molecule has 1 aliphatic heterocycles. The van der Waals surface area contributed by atoms with Gasteiger partial charge in [0.25, 0.3) is 5.91 Å². The van der Waals surface area contributed by atoms with Gasteiger partial charge >= 0.3 is 0 Å². The molecule has 1 fully saturated rings. The van der Waals surface area contributed by atoms with Gasteiger partial charge in [0.1, 0.15) is 0 Å². The first-order valence-corrected chi connectivity index (χ1v) is 9.95. The van der Waals surface area contributed by atoms with Crippen molar-refractivity contribution >= 4 is 17.5 Å². The minimum atomic E-state index is 0.0942. The number of ether oxygens (including phenoxy) is 1. The van der Waals surface area contributed by atoms with Crippen molar-refractivity contribution in [2.45, 2.75) is 39.2 Å². The van der Waals surface area contributed by atoms with Crippen LogP contribution in [0.15, 0.2) is 30.3 Å². The third kappa shape index (κ3) is 4.54. The van der Waals surface area contributed by atoms with Crippen LogP contribution in [0.5, 0.6) is 0 Å². The Labute approximate surface area is 166 Å². The number of nitrogens with two attached hydrogens (primary N) is 1. The molecule has 0 bridgehead atoms. The SMILES string of the molecule is Cc1cc(C(=O)N2CCC(OCCCN)CC2)c(C)n1-c1cccc(Cl)c1. The number of rotatable bonds is 6. The molecule has 27 heavy (non-hydrogen) atoms. The Morgan fingerprint density at radius 3 is 2.67 bits per heavy atom. The Hall–Kier alpha value is -1.82. The molecule has 1 aliphatic rings. The summed E-state index contributed by atoms with van der Waals surface area (Å²) >= 11 is 6.14. The van der Waals surface area contributed by atoms with Crippen molar-refractivity contribution in [2.24, 2.45) is 5.73 Å². The number of benzene rings is 1. The molecule has 0 unspecified atom stereocenters. The van der Waals surface area contributed by atoms with Crippen molar-refractivity contribution in [1.82, 2.24) is 9.47 Å². The van der Waals surface area contributed by atoms with Crippen LogP contribution < -0.4 is 5.73 Å². The van der Waals surface area contributed by atoms with Gasteiger partial charge < -0.3 is 19.9 Å². The summed E-state index contributed by atoms with van der Waals surface area (Å²) in [5.41, 5.74) is 9.21. The molecule has 1 amide bonds. The minimum absolute atomic E-state index is 0.0942. The lowest BCUT2D eigenvalue weighted by molar-refractivity contribution is 0.00843. The Bertz CT molecular complexity index is 795. The fourth-order valence-electron chi connectivity index (χ4n) is 3.72. The third-order valence-electron chi connectivity index (χ3n) is 5.16. The van der Waals surface area contributed by atoms with E-state index in [0.717, 1.165) is 55.0 Å². The lowest BCUT2D eigenvalue weighted by atomic mass is 10.1. The number of hydrogen-bond donors (Lipinski definition) is 1. The molecule has 6 heteroatoms. The molecule has 0 atom stereocenters. The zero-order valence-electron chi connectivity index (χ0n) is 16.1. The van der Waals surface area contributed by atoms with Crippen LogP contribution in [0, 0.1) is 13.8 Å². The molecule has 2 N–H and O–H groups in total. The van der Waals surface area contributed by atoms with E-state index in [4.69, 9.17) is 22.1 Å². The van der Waals surface area contributed by atoms with Crippen molar-refractivity contribution in [3.63, 3.8) is 0 Å². The Morgan fingerprint density at radius 1 is 1.26 bits per heavy atom. The number of likely N-dealkylation sites (tertiary alicyclic amines) is 1. The van der Waals surface area contributed by atoms with Crippen molar-refractivity contribution in [2.75, 3.05) is 26.2 Å². The summed E-state index contributed by atoms with van der Waals surface area (Å²) in [4.78, 5) is 15.0. The van der Waals surface area contributed by atoms with E-state index in [-0.39, 0.29) is 12.0 Å². The predicted octanol–water partition coefficient (Wildman–Crippen LogP) is 3.72. The molecule has 0 saturated carbocycles. The topological polar surface area (TPSA) is 60.5 Å². The number of aromatic nitrogens is 1. The van der Waals surface area contributed by atoms with E-state index >= 15 is 0 Å². The van der Waals surface area contributed by atoms with Gasteiger partial charge in [0, 0.05) is 41.8 Å². The van der Waals surface area contributed by atoms with Gasteiger partial charge in [-0.05, 0) is 63.9 Å². The summed E-state index contributed by atoms with van der Waals surface area (Å²) in [6.45, 7) is 6.82. The molecule has 0 spiro atoms. The van der Waals surface area contributed by atoms with Crippen molar-refractivity contribution in [3.8, 4) is 5.69 Å². The standard InChI is InChI=1S/C21H28ClN3O2/c1-15-13-20(16(2)25(15)18-6-3-5-17(22)14-18)21(26)24-10-7-19(8-11-24)27-12-4-9-23/h3,5-6,13-14,19H,4,7-12,23H2,1-2H3. The maximum absolute atomic E-state index is 13.1. The molecule has 1 aromatic carbocycles. The van der Waals surface area contributed by atoms with E-state index in [0.29, 0.717) is 18.2 Å². The maximum atomic E-state index is 13.1. The van der Waals surface area contributed by atoms with Gasteiger partial charge in [-0.3, -0.25) is 4.79 Å². The summed E-state index contributed by atoms with van der Waals surface area (Å²) < 4.78 is 7.92. The largest absolute Gasteiger partial charge is 0.378 e. The average molecular weight is 390 g/mol. The van der Waals surface area contributed by atoms with Crippen LogP contribution in [0.2, 0.25) is 5.02 Å². The normalized spacial score (nSPS) is 15.3. The Kier molecular flexibility index (Phi) is 6.58. The van der Waals surface area contributed by atoms with Crippen molar-refractivity contribution < 1.29 is 9.53 Å². The second-order valence-electron chi connectivity index (χ2n) is 7.10. The van der Waals surface area contributed by atoms with Crippen LogP contribution in [0.25, 0.3) is 5.69 Å². The van der Waals surface area contributed by atoms with Gasteiger partial charge in [0.2, 0.25) is 0 Å². The van der Waals surface area contributed by atoms with E-state index < -0.39 is 0 Å². The molecular weight excluding hydrogens is 362 g/mol. The molecule has 1 saturated heterocycles. The fraction of sp³-hybridized carbons (Fsp3) is 0.476. The van der Waals surface area contributed by atoms with Crippen LogP contribution in [0.1, 0.15) is 41.0 Å². The van der Waals surface area contributed by atoms with Crippen LogP contribution in [0.4, 0.5) is 0 Å². The first-order chi connectivity index (χ1) is 13.0. The van der Waals surface area contributed by atoms with Crippen molar-refractivity contribution in [1.29, 1.82) is 0 Å². The van der Waals surface area contributed by atoms with E-state index in [1.807, 2.05) is 49.1 Å². The fourth-order valence-corrected chi connectivity index (χ4v) is 3.91.